The van der Waals surface area contributed by atoms with Gasteiger partial charge in [-0.3, -0.25) is 9.59 Å². The Bertz CT molecular complexity index is 759. The Morgan fingerprint density at radius 2 is 1.81 bits per heavy atom. The van der Waals surface area contributed by atoms with Crippen LogP contribution in [0.25, 0.3) is 0 Å². The summed E-state index contributed by atoms with van der Waals surface area (Å²) in [7, 11) is 0. The van der Waals surface area contributed by atoms with Crippen LogP contribution in [-0.4, -0.2) is 60.5 Å². The fourth-order valence-electron chi connectivity index (χ4n) is 4.91. The molecule has 3 rings (SSSR count). The number of primary amides is 1. The molecule has 2 aliphatic rings. The molecule has 0 saturated carbocycles. The summed E-state index contributed by atoms with van der Waals surface area (Å²) in [5.41, 5.74) is 6.15. The molecule has 0 radical (unpaired) electrons. The van der Waals surface area contributed by atoms with E-state index in [0.717, 1.165) is 32.1 Å². The van der Waals surface area contributed by atoms with Crippen LogP contribution in [0.3, 0.4) is 0 Å². The number of amides is 3. The van der Waals surface area contributed by atoms with E-state index in [1.807, 2.05) is 30.0 Å². The summed E-state index contributed by atoms with van der Waals surface area (Å²) >= 11 is 0. The number of nitrogens with zero attached hydrogens (tertiary/aromatic N) is 2. The van der Waals surface area contributed by atoms with E-state index in [1.54, 1.807) is 4.90 Å². The summed E-state index contributed by atoms with van der Waals surface area (Å²) in [6, 6.07) is 9.83. The van der Waals surface area contributed by atoms with Crippen LogP contribution in [0.15, 0.2) is 30.3 Å². The van der Waals surface area contributed by atoms with Gasteiger partial charge in [-0.2, -0.15) is 0 Å². The number of nitrogens with two attached hydrogens (primary N) is 1. The van der Waals surface area contributed by atoms with Gasteiger partial charge in [0.05, 0.1) is 17.9 Å². The van der Waals surface area contributed by atoms with Gasteiger partial charge in [-0.1, -0.05) is 30.3 Å². The number of esters is 1. The van der Waals surface area contributed by atoms with Gasteiger partial charge in [-0.05, 0) is 57.4 Å². The Kier molecular flexibility index (Phi) is 7.93. The third-order valence-corrected chi connectivity index (χ3v) is 6.79. The molecule has 1 atom stereocenters. The summed E-state index contributed by atoms with van der Waals surface area (Å²) in [6.07, 6.45) is 5.42. The van der Waals surface area contributed by atoms with E-state index in [2.05, 4.69) is 12.1 Å². The number of aryl methyl sites for hydroxylation is 1. The van der Waals surface area contributed by atoms with Crippen LogP contribution in [0.2, 0.25) is 0 Å². The van der Waals surface area contributed by atoms with Gasteiger partial charge in [0, 0.05) is 26.2 Å². The van der Waals surface area contributed by atoms with Crippen molar-refractivity contribution in [2.45, 2.75) is 51.9 Å². The minimum Gasteiger partial charge on any atom is -0.466 e. The van der Waals surface area contributed by atoms with E-state index in [9.17, 15) is 14.4 Å². The molecule has 7 nitrogen and oxygen atoms in total. The molecule has 0 aliphatic carbocycles. The fourth-order valence-corrected chi connectivity index (χ4v) is 4.91. The van der Waals surface area contributed by atoms with Crippen LogP contribution in [0.1, 0.15) is 51.0 Å². The largest absolute Gasteiger partial charge is 0.466 e. The van der Waals surface area contributed by atoms with Crippen LogP contribution in [-0.2, 0) is 20.7 Å². The molecule has 2 fully saturated rings. The molecule has 2 N–H and O–H groups in total. The van der Waals surface area contributed by atoms with Crippen molar-refractivity contribution in [3.63, 3.8) is 0 Å². The molecule has 1 aromatic rings. The van der Waals surface area contributed by atoms with Gasteiger partial charge >= 0.3 is 12.0 Å². The summed E-state index contributed by atoms with van der Waals surface area (Å²) in [4.78, 5) is 40.9. The van der Waals surface area contributed by atoms with Crippen molar-refractivity contribution in [2.75, 3.05) is 32.8 Å². The second-order valence-corrected chi connectivity index (χ2v) is 8.79. The van der Waals surface area contributed by atoms with Crippen molar-refractivity contribution >= 4 is 17.9 Å². The summed E-state index contributed by atoms with van der Waals surface area (Å²) in [5.74, 6) is -0.255. The highest BCUT2D eigenvalue weighted by Gasteiger charge is 2.44. The lowest BCUT2D eigenvalue weighted by Crippen LogP contribution is -2.52. The number of likely N-dealkylation sites (tertiary alicyclic amines) is 2. The third kappa shape index (κ3) is 5.77. The van der Waals surface area contributed by atoms with Crippen molar-refractivity contribution in [1.82, 2.24) is 9.80 Å². The number of benzene rings is 1. The highest BCUT2D eigenvalue weighted by molar-refractivity contribution is 5.82. The van der Waals surface area contributed by atoms with Crippen LogP contribution in [0, 0.1) is 11.3 Å². The van der Waals surface area contributed by atoms with Gasteiger partial charge < -0.3 is 20.3 Å². The second kappa shape index (κ2) is 10.6. The van der Waals surface area contributed by atoms with Crippen molar-refractivity contribution in [3.05, 3.63) is 35.9 Å². The number of carbonyl (C=O) groups is 3. The number of urea groups is 1. The Balaban J connectivity index is 1.59. The maximum Gasteiger partial charge on any atom is 0.314 e. The lowest BCUT2D eigenvalue weighted by Gasteiger charge is -2.42. The summed E-state index contributed by atoms with van der Waals surface area (Å²) in [5, 5.41) is 0. The molecule has 7 heteroatoms. The first-order valence-electron chi connectivity index (χ1n) is 11.5. The van der Waals surface area contributed by atoms with Gasteiger partial charge in [0.15, 0.2) is 0 Å². The molecule has 0 aromatic heterocycles. The minimum absolute atomic E-state index is 0.0766. The Hall–Kier alpha value is -2.57. The summed E-state index contributed by atoms with van der Waals surface area (Å²) < 4.78 is 5.44. The first kappa shape index (κ1) is 23.1. The Morgan fingerprint density at radius 1 is 1.10 bits per heavy atom. The average molecular weight is 430 g/mol. The van der Waals surface area contributed by atoms with E-state index < -0.39 is 11.4 Å². The van der Waals surface area contributed by atoms with Crippen LogP contribution >= 0.6 is 0 Å². The molecule has 0 bridgehead atoms. The summed E-state index contributed by atoms with van der Waals surface area (Å²) in [6.45, 7) is 4.32. The molecule has 170 valence electrons. The van der Waals surface area contributed by atoms with Crippen molar-refractivity contribution in [2.24, 2.45) is 17.1 Å². The van der Waals surface area contributed by atoms with Crippen LogP contribution in [0.4, 0.5) is 4.79 Å². The molecule has 0 spiro atoms. The molecule has 1 aromatic carbocycles. The van der Waals surface area contributed by atoms with Gasteiger partial charge in [0.2, 0.25) is 5.91 Å². The molecule has 3 amide bonds. The molecular weight excluding hydrogens is 394 g/mol. The maximum atomic E-state index is 13.1. The molecule has 2 saturated heterocycles. The minimum atomic E-state index is -0.520. The lowest BCUT2D eigenvalue weighted by atomic mass is 9.74. The first-order chi connectivity index (χ1) is 14.9. The van der Waals surface area contributed by atoms with E-state index in [-0.39, 0.29) is 17.8 Å². The van der Waals surface area contributed by atoms with E-state index >= 15 is 0 Å². The standard InChI is InChI=1S/C24H35N3O4/c1-2-31-22(29)24(12-6-10-19-8-4-3-5-9-19)13-16-26(17-14-24)21(28)20-11-7-15-27(18-20)23(25)30/h3-5,8-9,20H,2,6-7,10-18H2,1H3,(H2,25,30)/t20-/m1/s1. The van der Waals surface area contributed by atoms with Crippen molar-refractivity contribution in [1.29, 1.82) is 0 Å². The van der Waals surface area contributed by atoms with Crippen molar-refractivity contribution < 1.29 is 19.1 Å². The van der Waals surface area contributed by atoms with E-state index in [1.165, 1.54) is 5.56 Å². The van der Waals surface area contributed by atoms with E-state index in [0.29, 0.717) is 45.6 Å². The average Bonchev–Trinajstić information content (AvgIpc) is 2.80. The topological polar surface area (TPSA) is 92.9 Å². The predicted octanol–water partition coefficient (Wildman–Crippen LogP) is 2.97. The second-order valence-electron chi connectivity index (χ2n) is 8.79. The molecular formula is C24H35N3O4. The lowest BCUT2D eigenvalue weighted by molar-refractivity contribution is -0.161. The molecule has 2 aliphatic heterocycles. The number of piperidine rings is 2. The smallest absolute Gasteiger partial charge is 0.314 e. The zero-order valence-electron chi connectivity index (χ0n) is 18.6. The van der Waals surface area contributed by atoms with Gasteiger partial charge in [0.1, 0.15) is 0 Å². The van der Waals surface area contributed by atoms with Gasteiger partial charge in [0.25, 0.3) is 0 Å². The van der Waals surface area contributed by atoms with E-state index in [4.69, 9.17) is 10.5 Å². The zero-order valence-corrected chi connectivity index (χ0v) is 18.6. The third-order valence-electron chi connectivity index (χ3n) is 6.79. The van der Waals surface area contributed by atoms with Gasteiger partial charge in [-0.25, -0.2) is 4.79 Å². The highest BCUT2D eigenvalue weighted by atomic mass is 16.5. The zero-order chi connectivity index (χ0) is 22.3. The first-order valence-corrected chi connectivity index (χ1v) is 11.5. The predicted molar refractivity (Wildman–Crippen MR) is 118 cm³/mol. The molecule has 0 unspecified atom stereocenters. The Labute approximate surface area is 184 Å². The highest BCUT2D eigenvalue weighted by Crippen LogP contribution is 2.38. The normalized spacial score (nSPS) is 20.9. The van der Waals surface area contributed by atoms with Crippen LogP contribution < -0.4 is 5.73 Å². The number of ether oxygens (including phenoxy) is 1. The SMILES string of the molecule is CCOC(=O)C1(CCCc2ccccc2)CCN(C(=O)[C@@H]2CCCN(C(N)=O)C2)CC1. The van der Waals surface area contributed by atoms with Crippen LogP contribution in [0.5, 0.6) is 0 Å². The number of carbonyl (C=O) groups excluding carboxylic acids is 3. The number of rotatable bonds is 7. The number of hydrogen-bond donors (Lipinski definition) is 1. The maximum absolute atomic E-state index is 13.1. The quantitative estimate of drug-likeness (QED) is 0.675. The molecule has 31 heavy (non-hydrogen) atoms. The monoisotopic (exact) mass is 429 g/mol. The van der Waals surface area contributed by atoms with Crippen molar-refractivity contribution in [3.8, 4) is 0 Å². The molecule has 2 heterocycles. The van der Waals surface area contributed by atoms with Gasteiger partial charge in [-0.15, -0.1) is 0 Å². The number of hydrogen-bond acceptors (Lipinski definition) is 4. The Morgan fingerprint density at radius 3 is 2.45 bits per heavy atom. The fraction of sp³-hybridized carbons (Fsp3) is 0.625.